The Balaban J connectivity index is 2.07. The molecule has 1 N–H and O–H groups in total. The predicted molar refractivity (Wildman–Crippen MR) is 85.4 cm³/mol. The normalized spacial score (nSPS) is 21.0. The van der Waals surface area contributed by atoms with Gasteiger partial charge < -0.3 is 5.32 Å². The van der Waals surface area contributed by atoms with Crippen LogP contribution in [0.2, 0.25) is 0 Å². The number of likely N-dealkylation sites (N-methyl/N-ethyl adjacent to an activating group) is 1. The highest BCUT2D eigenvalue weighted by atomic mass is 32.2. The van der Waals surface area contributed by atoms with Crippen molar-refractivity contribution in [1.29, 1.82) is 0 Å². The minimum absolute atomic E-state index is 0.0570. The number of hydrogen-bond acceptors (Lipinski definition) is 5. The first-order chi connectivity index (χ1) is 10.1. The van der Waals surface area contributed by atoms with Crippen LogP contribution in [-0.2, 0) is 16.8 Å². The second-order valence-electron chi connectivity index (χ2n) is 5.31. The van der Waals surface area contributed by atoms with E-state index in [1.54, 1.807) is 16.9 Å². The number of hydrogen-bond donors (Lipinski definition) is 1. The zero-order chi connectivity index (χ0) is 15.3. The molecule has 2 rings (SSSR count). The highest BCUT2D eigenvalue weighted by Gasteiger charge is 2.34. The summed E-state index contributed by atoms with van der Waals surface area (Å²) in [5.41, 5.74) is 2.52. The van der Waals surface area contributed by atoms with Crippen LogP contribution < -0.4 is 5.32 Å². The lowest BCUT2D eigenvalue weighted by atomic mass is 10.1. The first-order valence-electron chi connectivity index (χ1n) is 7.36. The second kappa shape index (κ2) is 7.64. The van der Waals surface area contributed by atoms with Gasteiger partial charge in [0.25, 0.3) is 10.2 Å². The van der Waals surface area contributed by atoms with E-state index in [-0.39, 0.29) is 6.04 Å². The van der Waals surface area contributed by atoms with Crippen molar-refractivity contribution in [3.8, 4) is 0 Å². The summed E-state index contributed by atoms with van der Waals surface area (Å²) in [7, 11) is -1.79. The Morgan fingerprint density at radius 2 is 2.33 bits per heavy atom. The summed E-state index contributed by atoms with van der Waals surface area (Å²) in [6.45, 7) is 4.56. The molecule has 0 saturated carbocycles. The van der Waals surface area contributed by atoms with Gasteiger partial charge in [-0.1, -0.05) is 13.3 Å². The van der Waals surface area contributed by atoms with Gasteiger partial charge in [0.2, 0.25) is 0 Å². The molecule has 1 aliphatic rings. The van der Waals surface area contributed by atoms with E-state index in [0.717, 1.165) is 38.0 Å². The lowest BCUT2D eigenvalue weighted by Crippen LogP contribution is -2.52. The van der Waals surface area contributed by atoms with E-state index in [2.05, 4.69) is 10.3 Å². The number of piperidine rings is 1. The molecule has 1 aliphatic heterocycles. The standard InChI is InChI=1S/C13H24N4O2S2/c1-3-14-8-13-6-4-5-7-17(13)21(18,19)16(2)9-12-10-20-11-15-12/h10-11,13-14H,3-9H2,1-2H3. The van der Waals surface area contributed by atoms with Crippen LogP contribution >= 0.6 is 11.3 Å². The Labute approximate surface area is 131 Å². The lowest BCUT2D eigenvalue weighted by Gasteiger charge is -2.37. The number of rotatable bonds is 7. The highest BCUT2D eigenvalue weighted by Crippen LogP contribution is 2.22. The molecule has 120 valence electrons. The van der Waals surface area contributed by atoms with Gasteiger partial charge in [-0.2, -0.15) is 17.0 Å². The molecule has 6 nitrogen and oxygen atoms in total. The van der Waals surface area contributed by atoms with Gasteiger partial charge in [-0.3, -0.25) is 0 Å². The van der Waals surface area contributed by atoms with Crippen molar-refractivity contribution in [3.63, 3.8) is 0 Å². The summed E-state index contributed by atoms with van der Waals surface area (Å²) >= 11 is 1.48. The number of aromatic nitrogens is 1. The van der Waals surface area contributed by atoms with Gasteiger partial charge in [0.15, 0.2) is 0 Å². The largest absolute Gasteiger partial charge is 0.315 e. The molecule has 0 radical (unpaired) electrons. The van der Waals surface area contributed by atoms with E-state index in [9.17, 15) is 8.42 Å². The van der Waals surface area contributed by atoms with Crippen LogP contribution in [0.4, 0.5) is 0 Å². The highest BCUT2D eigenvalue weighted by molar-refractivity contribution is 7.86. The van der Waals surface area contributed by atoms with Gasteiger partial charge in [-0.05, 0) is 19.4 Å². The van der Waals surface area contributed by atoms with E-state index in [4.69, 9.17) is 0 Å². The molecule has 0 bridgehead atoms. The average molecular weight is 332 g/mol. The van der Waals surface area contributed by atoms with E-state index in [1.807, 2.05) is 12.3 Å². The maximum atomic E-state index is 12.8. The van der Waals surface area contributed by atoms with Crippen LogP contribution in [0.15, 0.2) is 10.9 Å². The quantitative estimate of drug-likeness (QED) is 0.817. The maximum absolute atomic E-state index is 12.8. The smallest absolute Gasteiger partial charge is 0.282 e. The minimum Gasteiger partial charge on any atom is -0.315 e. The Kier molecular flexibility index (Phi) is 6.12. The monoisotopic (exact) mass is 332 g/mol. The van der Waals surface area contributed by atoms with Crippen molar-refractivity contribution >= 4 is 21.5 Å². The third-order valence-corrected chi connectivity index (χ3v) is 6.39. The van der Waals surface area contributed by atoms with Crippen molar-refractivity contribution < 1.29 is 8.42 Å². The van der Waals surface area contributed by atoms with Crippen LogP contribution in [0.25, 0.3) is 0 Å². The minimum atomic E-state index is -3.43. The van der Waals surface area contributed by atoms with Crippen LogP contribution in [0.3, 0.4) is 0 Å². The van der Waals surface area contributed by atoms with Crippen LogP contribution in [0.1, 0.15) is 31.9 Å². The fourth-order valence-corrected chi connectivity index (χ4v) is 4.72. The van der Waals surface area contributed by atoms with Crippen LogP contribution in [0.5, 0.6) is 0 Å². The van der Waals surface area contributed by atoms with Gasteiger partial charge in [0.1, 0.15) is 0 Å². The molecule has 1 aromatic heterocycles. The third-order valence-electron chi connectivity index (χ3n) is 3.76. The number of thiazole rings is 1. The first-order valence-corrected chi connectivity index (χ1v) is 9.70. The molecule has 1 saturated heterocycles. The van der Waals surface area contributed by atoms with Crippen molar-refractivity contribution in [3.05, 3.63) is 16.6 Å². The second-order valence-corrected chi connectivity index (χ2v) is 8.02. The van der Waals surface area contributed by atoms with Gasteiger partial charge in [-0.25, -0.2) is 4.98 Å². The van der Waals surface area contributed by atoms with E-state index in [1.165, 1.54) is 15.6 Å². The fourth-order valence-electron chi connectivity index (χ4n) is 2.60. The number of nitrogens with one attached hydrogen (secondary N) is 1. The predicted octanol–water partition coefficient (Wildman–Crippen LogP) is 1.28. The van der Waals surface area contributed by atoms with Crippen molar-refractivity contribution in [2.24, 2.45) is 0 Å². The molecular formula is C13H24N4O2S2. The summed E-state index contributed by atoms with van der Waals surface area (Å²) in [5, 5.41) is 5.16. The van der Waals surface area contributed by atoms with E-state index in [0.29, 0.717) is 13.1 Å². The SMILES string of the molecule is CCNCC1CCCCN1S(=O)(=O)N(C)Cc1cscn1. The average Bonchev–Trinajstić information content (AvgIpc) is 2.98. The van der Waals surface area contributed by atoms with Crippen molar-refractivity contribution in [1.82, 2.24) is 18.9 Å². The Morgan fingerprint density at radius 1 is 1.52 bits per heavy atom. The first kappa shape index (κ1) is 16.8. The Bertz CT molecular complexity index is 518. The van der Waals surface area contributed by atoms with Gasteiger partial charge >= 0.3 is 0 Å². The maximum Gasteiger partial charge on any atom is 0.282 e. The molecule has 1 aromatic rings. The molecule has 1 atom stereocenters. The van der Waals surface area contributed by atoms with Crippen LogP contribution in [-0.4, -0.2) is 54.7 Å². The Hall–Kier alpha value is -0.540. The van der Waals surface area contributed by atoms with Crippen molar-refractivity contribution in [2.75, 3.05) is 26.7 Å². The summed E-state index contributed by atoms with van der Waals surface area (Å²) in [6.07, 6.45) is 2.96. The molecule has 2 heterocycles. The third kappa shape index (κ3) is 4.23. The molecule has 0 aromatic carbocycles. The summed E-state index contributed by atoms with van der Waals surface area (Å²) in [4.78, 5) is 4.17. The summed E-state index contributed by atoms with van der Waals surface area (Å²) < 4.78 is 28.6. The summed E-state index contributed by atoms with van der Waals surface area (Å²) in [5.74, 6) is 0. The molecule has 1 unspecified atom stereocenters. The lowest BCUT2D eigenvalue weighted by molar-refractivity contribution is 0.230. The molecule has 0 amide bonds. The molecule has 21 heavy (non-hydrogen) atoms. The molecule has 0 aliphatic carbocycles. The van der Waals surface area contributed by atoms with Gasteiger partial charge in [0.05, 0.1) is 17.7 Å². The van der Waals surface area contributed by atoms with Crippen molar-refractivity contribution in [2.45, 2.75) is 38.8 Å². The van der Waals surface area contributed by atoms with Gasteiger partial charge in [0, 0.05) is 31.6 Å². The molecule has 0 spiro atoms. The zero-order valence-corrected chi connectivity index (χ0v) is 14.3. The summed E-state index contributed by atoms with van der Waals surface area (Å²) in [6, 6.07) is 0.0570. The van der Waals surface area contributed by atoms with Crippen LogP contribution in [0, 0.1) is 0 Å². The zero-order valence-electron chi connectivity index (χ0n) is 12.7. The van der Waals surface area contributed by atoms with E-state index >= 15 is 0 Å². The molecule has 1 fully saturated rings. The van der Waals surface area contributed by atoms with E-state index < -0.39 is 10.2 Å². The molecule has 8 heteroatoms. The molecular weight excluding hydrogens is 308 g/mol. The Morgan fingerprint density at radius 3 is 3.00 bits per heavy atom. The topological polar surface area (TPSA) is 65.5 Å². The fraction of sp³-hybridized carbons (Fsp3) is 0.769. The number of nitrogens with zero attached hydrogens (tertiary/aromatic N) is 3. The van der Waals surface area contributed by atoms with Gasteiger partial charge in [-0.15, -0.1) is 11.3 Å².